The van der Waals surface area contributed by atoms with Crippen molar-refractivity contribution < 1.29 is 20.1 Å². The average molecular weight is 448 g/mol. The molecule has 33 heavy (non-hydrogen) atoms. The molecule has 1 aromatic heterocycles. The van der Waals surface area contributed by atoms with Crippen LogP contribution in [0, 0.1) is 13.8 Å². The van der Waals surface area contributed by atoms with Gasteiger partial charge in [0.15, 0.2) is 5.82 Å². The maximum absolute atomic E-state index is 10.7. The van der Waals surface area contributed by atoms with Gasteiger partial charge in [0.05, 0.1) is 12.2 Å². The molecular weight excluding hydrogens is 420 g/mol. The van der Waals surface area contributed by atoms with E-state index < -0.39 is 24.6 Å². The number of rotatable bonds is 9. The summed E-state index contributed by atoms with van der Waals surface area (Å²) in [4.78, 5) is 10.7. The molecule has 0 saturated carbocycles. The summed E-state index contributed by atoms with van der Waals surface area (Å²) in [5.41, 5.74) is 5.67. The number of benzene rings is 2. The Balaban J connectivity index is 2.13. The Morgan fingerprint density at radius 3 is 2.03 bits per heavy atom. The molecule has 0 fully saturated rings. The molecule has 2 aromatic carbocycles. The van der Waals surface area contributed by atoms with Crippen LogP contribution in [0.4, 0.5) is 0 Å². The molecule has 0 unspecified atom stereocenters. The fraction of sp³-hybridized carbons (Fsp3) is 0.280. The molecule has 0 aliphatic heterocycles. The Kier molecular flexibility index (Phi) is 7.87. The second-order valence-electron chi connectivity index (χ2n) is 8.04. The molecule has 8 nitrogen and oxygen atoms in total. The fourth-order valence-corrected chi connectivity index (χ4v) is 3.49. The van der Waals surface area contributed by atoms with E-state index in [1.54, 1.807) is 17.8 Å². The highest BCUT2D eigenvalue weighted by molar-refractivity contribution is 6.00. The van der Waals surface area contributed by atoms with E-state index in [1.807, 2.05) is 62.4 Å². The number of carboxylic acid groups (broad SMARTS) is 1. The lowest BCUT2D eigenvalue weighted by Crippen LogP contribution is -2.29. The zero-order chi connectivity index (χ0) is 24.0. The van der Waals surface area contributed by atoms with Crippen LogP contribution in [-0.4, -0.2) is 48.6 Å². The van der Waals surface area contributed by atoms with Crippen LogP contribution in [0.3, 0.4) is 0 Å². The number of allylic oxidation sites excluding steroid dienone is 2. The Morgan fingerprint density at radius 1 is 1.03 bits per heavy atom. The number of carboxylic acids is 1. The predicted molar refractivity (Wildman–Crippen MR) is 122 cm³/mol. The third-order valence-electron chi connectivity index (χ3n) is 5.21. The number of aliphatic carboxylic acids is 1. The number of carbonyl (C=O) groups excluding carboxylic acids is 1. The van der Waals surface area contributed by atoms with Gasteiger partial charge >= 0.3 is 0 Å². The normalized spacial score (nSPS) is 13.1. The number of tetrazole rings is 1. The van der Waals surface area contributed by atoms with Crippen molar-refractivity contribution in [2.75, 3.05) is 0 Å². The SMILES string of the molecule is Cc1ccc(C(=C(/C=C/[C@@H](O)C[C@@H](O)CC(=O)[O-])c2nnnn2C)c2ccc(C)cc2)cc1. The summed E-state index contributed by atoms with van der Waals surface area (Å²) in [6, 6.07) is 16.1. The molecule has 172 valence electrons. The third-order valence-corrected chi connectivity index (χ3v) is 5.21. The molecule has 0 bridgehead atoms. The Bertz CT molecular complexity index is 1100. The predicted octanol–water partition coefficient (Wildman–Crippen LogP) is 1.59. The first-order valence-corrected chi connectivity index (χ1v) is 10.6. The number of hydrogen-bond donors (Lipinski definition) is 2. The molecule has 1 heterocycles. The molecule has 0 aliphatic carbocycles. The minimum atomic E-state index is -1.37. The molecule has 0 aliphatic rings. The van der Waals surface area contributed by atoms with Crippen LogP contribution in [0.25, 0.3) is 11.1 Å². The van der Waals surface area contributed by atoms with Crippen LogP contribution >= 0.6 is 0 Å². The molecule has 0 amide bonds. The van der Waals surface area contributed by atoms with Crippen molar-refractivity contribution in [3.8, 4) is 0 Å². The number of hydrogen-bond acceptors (Lipinski definition) is 7. The van der Waals surface area contributed by atoms with E-state index in [9.17, 15) is 20.1 Å². The van der Waals surface area contributed by atoms with Crippen LogP contribution in [0.1, 0.15) is 40.9 Å². The van der Waals surface area contributed by atoms with Crippen LogP contribution in [0.2, 0.25) is 0 Å². The van der Waals surface area contributed by atoms with Gasteiger partial charge in [-0.2, -0.15) is 0 Å². The zero-order valence-corrected chi connectivity index (χ0v) is 18.8. The summed E-state index contributed by atoms with van der Waals surface area (Å²) in [6.07, 6.45) is 0.236. The van der Waals surface area contributed by atoms with E-state index in [0.29, 0.717) is 11.4 Å². The maximum atomic E-state index is 10.7. The van der Waals surface area contributed by atoms with Crippen molar-refractivity contribution in [1.82, 2.24) is 20.2 Å². The lowest BCUT2D eigenvalue weighted by atomic mass is 9.91. The van der Waals surface area contributed by atoms with Crippen molar-refractivity contribution in [1.29, 1.82) is 0 Å². The van der Waals surface area contributed by atoms with Crippen molar-refractivity contribution >= 4 is 17.1 Å². The van der Waals surface area contributed by atoms with Crippen molar-refractivity contribution in [3.05, 3.63) is 88.8 Å². The van der Waals surface area contributed by atoms with E-state index in [-0.39, 0.29) is 6.42 Å². The summed E-state index contributed by atoms with van der Waals surface area (Å²) < 4.78 is 1.54. The average Bonchev–Trinajstić information content (AvgIpc) is 3.18. The molecule has 2 atom stereocenters. The van der Waals surface area contributed by atoms with Crippen LogP contribution in [0.5, 0.6) is 0 Å². The minimum Gasteiger partial charge on any atom is -0.550 e. The molecule has 0 spiro atoms. The summed E-state index contributed by atoms with van der Waals surface area (Å²) >= 11 is 0. The lowest BCUT2D eigenvalue weighted by molar-refractivity contribution is -0.307. The van der Waals surface area contributed by atoms with E-state index in [1.165, 1.54) is 6.08 Å². The monoisotopic (exact) mass is 447 g/mol. The minimum absolute atomic E-state index is 0.140. The number of nitrogens with zero attached hydrogens (tertiary/aromatic N) is 4. The van der Waals surface area contributed by atoms with Gasteiger partial charge in [-0.15, -0.1) is 5.10 Å². The van der Waals surface area contributed by atoms with Crippen molar-refractivity contribution in [3.63, 3.8) is 0 Å². The first-order valence-electron chi connectivity index (χ1n) is 10.6. The third kappa shape index (κ3) is 6.44. The van der Waals surface area contributed by atoms with E-state index in [4.69, 9.17) is 0 Å². The van der Waals surface area contributed by atoms with Gasteiger partial charge in [-0.1, -0.05) is 71.8 Å². The quantitative estimate of drug-likeness (QED) is 0.477. The highest BCUT2D eigenvalue weighted by atomic mass is 16.4. The van der Waals surface area contributed by atoms with Crippen LogP contribution in [0.15, 0.2) is 60.7 Å². The Hall–Kier alpha value is -3.62. The van der Waals surface area contributed by atoms with Gasteiger partial charge in [0.2, 0.25) is 0 Å². The standard InChI is InChI=1S/C25H28N4O4/c1-16-4-8-18(9-5-16)24(19-10-6-17(2)7-11-19)22(25-26-27-28-29(25)3)13-12-20(30)14-21(31)15-23(32)33/h4-13,20-21,30-31H,14-15H2,1-3H3,(H,32,33)/p-1/b13-12+/t20-,21-/m1/s1. The number of aryl methyl sites for hydroxylation is 3. The molecule has 0 saturated heterocycles. The molecule has 0 radical (unpaired) electrons. The fourth-order valence-electron chi connectivity index (χ4n) is 3.49. The van der Waals surface area contributed by atoms with Gasteiger partial charge in [0, 0.05) is 31.4 Å². The van der Waals surface area contributed by atoms with Crippen LogP contribution < -0.4 is 5.11 Å². The van der Waals surface area contributed by atoms with Crippen molar-refractivity contribution in [2.45, 2.75) is 38.9 Å². The Labute approximate surface area is 192 Å². The highest BCUT2D eigenvalue weighted by Crippen LogP contribution is 2.33. The maximum Gasteiger partial charge on any atom is 0.182 e. The highest BCUT2D eigenvalue weighted by Gasteiger charge is 2.18. The molecule has 8 heteroatoms. The van der Waals surface area contributed by atoms with Crippen molar-refractivity contribution in [2.24, 2.45) is 7.05 Å². The summed E-state index contributed by atoms with van der Waals surface area (Å²) in [5, 5.41) is 42.8. The first kappa shape index (κ1) is 24.0. The smallest absolute Gasteiger partial charge is 0.182 e. The lowest BCUT2D eigenvalue weighted by Gasteiger charge is -2.16. The number of carbonyl (C=O) groups is 1. The second kappa shape index (κ2) is 10.8. The van der Waals surface area contributed by atoms with E-state index in [0.717, 1.165) is 27.8 Å². The topological polar surface area (TPSA) is 124 Å². The van der Waals surface area contributed by atoms with E-state index in [2.05, 4.69) is 15.5 Å². The number of aromatic nitrogens is 4. The van der Waals surface area contributed by atoms with E-state index >= 15 is 0 Å². The zero-order valence-electron chi connectivity index (χ0n) is 18.8. The van der Waals surface area contributed by atoms with Gasteiger partial charge in [-0.05, 0) is 41.0 Å². The van der Waals surface area contributed by atoms with Gasteiger partial charge in [0.25, 0.3) is 0 Å². The van der Waals surface area contributed by atoms with Gasteiger partial charge < -0.3 is 20.1 Å². The second-order valence-corrected chi connectivity index (χ2v) is 8.04. The summed E-state index contributed by atoms with van der Waals surface area (Å²) in [5.74, 6) is -0.879. The largest absolute Gasteiger partial charge is 0.550 e. The molecular formula is C25H27N4O4-. The molecule has 3 aromatic rings. The number of aliphatic hydroxyl groups excluding tert-OH is 2. The summed E-state index contributed by atoms with van der Waals surface area (Å²) in [7, 11) is 1.73. The number of aliphatic hydroxyl groups is 2. The molecule has 2 N–H and O–H groups in total. The first-order chi connectivity index (χ1) is 15.7. The Morgan fingerprint density at radius 2 is 1.58 bits per heavy atom. The van der Waals surface area contributed by atoms with Gasteiger partial charge in [-0.25, -0.2) is 4.68 Å². The van der Waals surface area contributed by atoms with Gasteiger partial charge in [0.1, 0.15) is 0 Å². The van der Waals surface area contributed by atoms with Gasteiger partial charge in [-0.3, -0.25) is 0 Å². The summed E-state index contributed by atoms with van der Waals surface area (Å²) in [6.45, 7) is 4.03. The van der Waals surface area contributed by atoms with Crippen LogP contribution in [-0.2, 0) is 11.8 Å². The molecule has 3 rings (SSSR count).